The normalized spacial score (nSPS) is 15.2. The molecule has 2 N–H and O–H groups in total. The van der Waals surface area contributed by atoms with Crippen LogP contribution >= 0.6 is 0 Å². The highest BCUT2D eigenvalue weighted by molar-refractivity contribution is 5.97. The Kier molecular flexibility index (Phi) is 5.49. The number of carbonyl (C=O) groups is 2. The lowest BCUT2D eigenvalue weighted by atomic mass is 9.91. The van der Waals surface area contributed by atoms with Crippen molar-refractivity contribution in [2.75, 3.05) is 15.5 Å². The van der Waals surface area contributed by atoms with Gasteiger partial charge in [0.1, 0.15) is 6.33 Å². The number of nitrogens with one attached hydrogen (secondary N) is 2. The zero-order valence-electron chi connectivity index (χ0n) is 17.4. The molecule has 0 spiro atoms. The van der Waals surface area contributed by atoms with E-state index in [4.69, 9.17) is 0 Å². The van der Waals surface area contributed by atoms with Crippen molar-refractivity contribution >= 4 is 28.9 Å². The van der Waals surface area contributed by atoms with Crippen molar-refractivity contribution in [2.45, 2.75) is 26.3 Å². The first-order chi connectivity index (χ1) is 14.9. The van der Waals surface area contributed by atoms with E-state index in [1.54, 1.807) is 24.2 Å². The quantitative estimate of drug-likeness (QED) is 0.656. The third kappa shape index (κ3) is 4.30. The topological polar surface area (TPSA) is 87.2 Å². The van der Waals surface area contributed by atoms with E-state index in [1.807, 2.05) is 36.4 Å². The fraction of sp³-hybridized carbons (Fsp3) is 0.167. The Hall–Kier alpha value is -4.00. The summed E-state index contributed by atoms with van der Waals surface area (Å²) < 4.78 is 0. The molecule has 7 heteroatoms. The molecular weight excluding hydrogens is 390 g/mol. The molecule has 7 nitrogen and oxygen atoms in total. The van der Waals surface area contributed by atoms with Crippen LogP contribution in [0.25, 0.3) is 11.1 Å². The average molecular weight is 413 g/mol. The first-order valence-corrected chi connectivity index (χ1v) is 9.94. The van der Waals surface area contributed by atoms with Gasteiger partial charge in [-0.3, -0.25) is 14.5 Å². The van der Waals surface area contributed by atoms with Gasteiger partial charge in [-0.1, -0.05) is 24.8 Å². The smallest absolute Gasteiger partial charge is 0.228 e. The van der Waals surface area contributed by atoms with E-state index in [0.29, 0.717) is 6.42 Å². The first kappa shape index (κ1) is 20.3. The van der Waals surface area contributed by atoms with E-state index >= 15 is 0 Å². The van der Waals surface area contributed by atoms with Crippen molar-refractivity contribution in [3.8, 4) is 11.1 Å². The first-order valence-electron chi connectivity index (χ1n) is 9.94. The van der Waals surface area contributed by atoms with Gasteiger partial charge in [-0.05, 0) is 41.0 Å². The molecule has 0 radical (unpaired) electrons. The lowest BCUT2D eigenvalue weighted by molar-refractivity contribution is -0.116. The second-order valence-electron chi connectivity index (χ2n) is 7.48. The van der Waals surface area contributed by atoms with Crippen molar-refractivity contribution in [1.82, 2.24) is 9.97 Å². The molecule has 0 saturated heterocycles. The van der Waals surface area contributed by atoms with Gasteiger partial charge in [-0.25, -0.2) is 9.97 Å². The molecule has 0 saturated carbocycles. The molecule has 1 atom stereocenters. The number of nitrogens with zero attached hydrogens (tertiary/aromatic N) is 3. The second-order valence-corrected chi connectivity index (χ2v) is 7.48. The molecule has 1 aliphatic rings. The molecule has 3 aromatic rings. The van der Waals surface area contributed by atoms with Gasteiger partial charge in [-0.15, -0.1) is 0 Å². The summed E-state index contributed by atoms with van der Waals surface area (Å²) in [4.78, 5) is 33.6. The monoisotopic (exact) mass is 413 g/mol. The highest BCUT2D eigenvalue weighted by Gasteiger charge is 2.30. The fourth-order valence-corrected chi connectivity index (χ4v) is 3.90. The summed E-state index contributed by atoms with van der Waals surface area (Å²) in [5.41, 5.74) is 5.99. The van der Waals surface area contributed by atoms with Crippen LogP contribution in [0.1, 0.15) is 31.9 Å². The van der Waals surface area contributed by atoms with Crippen LogP contribution in [-0.4, -0.2) is 21.8 Å². The standard InChI is InChI=1S/C24H23N5O2/c1-15-9-23(28-21-12-25-14-26-13-21)22-11-19(7-8-24(22)29(15)17(3)31)18-5-4-6-20(10-18)27-16(2)30/h4-8,10-14,23,28H,1,9H2,2-3H3,(H,27,30)/t23-/m1/s1. The largest absolute Gasteiger partial charge is 0.375 e. The van der Waals surface area contributed by atoms with Crippen LogP contribution in [0.15, 0.2) is 73.5 Å². The Balaban J connectivity index is 1.77. The van der Waals surface area contributed by atoms with Gasteiger partial charge in [0, 0.05) is 31.7 Å². The number of hydrogen-bond donors (Lipinski definition) is 2. The number of amides is 2. The molecule has 0 fully saturated rings. The third-order valence-electron chi connectivity index (χ3n) is 5.13. The summed E-state index contributed by atoms with van der Waals surface area (Å²) in [5, 5.41) is 6.28. The predicted octanol–water partition coefficient (Wildman–Crippen LogP) is 4.53. The molecule has 1 aliphatic heterocycles. The second kappa shape index (κ2) is 8.39. The van der Waals surface area contributed by atoms with Crippen molar-refractivity contribution in [2.24, 2.45) is 0 Å². The van der Waals surface area contributed by atoms with Gasteiger partial charge < -0.3 is 10.6 Å². The highest BCUT2D eigenvalue weighted by atomic mass is 16.2. The predicted molar refractivity (Wildman–Crippen MR) is 121 cm³/mol. The number of carbonyl (C=O) groups excluding carboxylic acids is 2. The summed E-state index contributed by atoms with van der Waals surface area (Å²) >= 11 is 0. The lowest BCUT2D eigenvalue weighted by Crippen LogP contribution is -2.34. The average Bonchev–Trinajstić information content (AvgIpc) is 2.73. The number of anilines is 3. The molecular formula is C24H23N5O2. The highest BCUT2D eigenvalue weighted by Crippen LogP contribution is 2.42. The van der Waals surface area contributed by atoms with E-state index in [0.717, 1.165) is 39.4 Å². The molecule has 2 heterocycles. The Morgan fingerprint density at radius 1 is 1.03 bits per heavy atom. The van der Waals surface area contributed by atoms with Crippen molar-refractivity contribution in [3.63, 3.8) is 0 Å². The van der Waals surface area contributed by atoms with E-state index in [-0.39, 0.29) is 17.9 Å². The Labute approximate surface area is 180 Å². The van der Waals surface area contributed by atoms with Crippen LogP contribution in [0.3, 0.4) is 0 Å². The minimum absolute atomic E-state index is 0.0758. The minimum Gasteiger partial charge on any atom is -0.375 e. The molecule has 0 bridgehead atoms. The summed E-state index contributed by atoms with van der Waals surface area (Å²) in [6.07, 6.45) is 5.48. The van der Waals surface area contributed by atoms with E-state index < -0.39 is 0 Å². The number of benzene rings is 2. The van der Waals surface area contributed by atoms with Crippen LogP contribution in [-0.2, 0) is 9.59 Å². The van der Waals surface area contributed by atoms with E-state index in [1.165, 1.54) is 13.3 Å². The van der Waals surface area contributed by atoms with Crippen molar-refractivity contribution < 1.29 is 9.59 Å². The van der Waals surface area contributed by atoms with Gasteiger partial charge in [0.15, 0.2) is 0 Å². The molecule has 1 aromatic heterocycles. The summed E-state index contributed by atoms with van der Waals surface area (Å²) in [7, 11) is 0. The van der Waals surface area contributed by atoms with Crippen LogP contribution in [0.5, 0.6) is 0 Å². The summed E-state index contributed by atoms with van der Waals surface area (Å²) in [6, 6.07) is 13.6. The summed E-state index contributed by atoms with van der Waals surface area (Å²) in [6.45, 7) is 7.15. The zero-order chi connectivity index (χ0) is 22.0. The van der Waals surface area contributed by atoms with Crippen LogP contribution in [0, 0.1) is 0 Å². The van der Waals surface area contributed by atoms with Gasteiger partial charge in [-0.2, -0.15) is 0 Å². The maximum atomic E-state index is 12.3. The van der Waals surface area contributed by atoms with E-state index in [9.17, 15) is 9.59 Å². The van der Waals surface area contributed by atoms with Gasteiger partial charge in [0.05, 0.1) is 29.8 Å². The summed E-state index contributed by atoms with van der Waals surface area (Å²) in [5.74, 6) is -0.194. The molecule has 0 aliphatic carbocycles. The zero-order valence-corrected chi connectivity index (χ0v) is 17.4. The maximum Gasteiger partial charge on any atom is 0.228 e. The Bertz CT molecular complexity index is 1160. The third-order valence-corrected chi connectivity index (χ3v) is 5.13. The van der Waals surface area contributed by atoms with Crippen LogP contribution in [0.4, 0.5) is 17.1 Å². The fourth-order valence-electron chi connectivity index (χ4n) is 3.90. The molecule has 31 heavy (non-hydrogen) atoms. The molecule has 2 aromatic carbocycles. The SMILES string of the molecule is C=C1C[C@@H](Nc2cncnc2)c2cc(-c3cccc(NC(C)=O)c3)ccc2N1C(C)=O. The van der Waals surface area contributed by atoms with Crippen LogP contribution < -0.4 is 15.5 Å². The number of aromatic nitrogens is 2. The van der Waals surface area contributed by atoms with Crippen LogP contribution in [0.2, 0.25) is 0 Å². The molecule has 156 valence electrons. The molecule has 0 unspecified atom stereocenters. The molecule has 2 amide bonds. The number of fused-ring (bicyclic) bond motifs is 1. The van der Waals surface area contributed by atoms with Crippen molar-refractivity contribution in [1.29, 1.82) is 0 Å². The number of rotatable bonds is 4. The minimum atomic E-state index is -0.118. The van der Waals surface area contributed by atoms with Gasteiger partial charge in [0.25, 0.3) is 0 Å². The van der Waals surface area contributed by atoms with Gasteiger partial charge in [0.2, 0.25) is 11.8 Å². The molecule has 4 rings (SSSR count). The number of hydrogen-bond acceptors (Lipinski definition) is 5. The van der Waals surface area contributed by atoms with Crippen molar-refractivity contribution in [3.05, 3.63) is 79.0 Å². The van der Waals surface area contributed by atoms with E-state index in [2.05, 4.69) is 33.2 Å². The lowest BCUT2D eigenvalue weighted by Gasteiger charge is -2.36. The Morgan fingerprint density at radius 3 is 2.48 bits per heavy atom. The Morgan fingerprint density at radius 2 is 1.77 bits per heavy atom. The maximum absolute atomic E-state index is 12.3. The van der Waals surface area contributed by atoms with Gasteiger partial charge >= 0.3 is 0 Å².